The lowest BCUT2D eigenvalue weighted by Crippen LogP contribution is -2.51. The molecule has 4 atom stereocenters. The van der Waals surface area contributed by atoms with E-state index < -0.39 is 38.4 Å². The van der Waals surface area contributed by atoms with Crippen LogP contribution in [0.4, 0.5) is 0 Å². The molecule has 5 N–H and O–H groups in total. The molecule has 20 heavy (non-hydrogen) atoms. The summed E-state index contributed by atoms with van der Waals surface area (Å²) in [7, 11) is -1.15. The molecule has 6 nitrogen and oxygen atoms in total. The highest BCUT2D eigenvalue weighted by Gasteiger charge is 2.33. The minimum absolute atomic E-state index is 0.225. The van der Waals surface area contributed by atoms with Crippen molar-refractivity contribution in [2.75, 3.05) is 6.54 Å². The predicted octanol–water partition coefficient (Wildman–Crippen LogP) is -0.316. The Labute approximate surface area is 121 Å². The van der Waals surface area contributed by atoms with Gasteiger partial charge in [0.25, 0.3) is 5.91 Å². The molecular weight excluding hydrogens is 278 g/mol. The Hall–Kier alpha value is -0.473. The molecule has 4 unspecified atom stereocenters. The van der Waals surface area contributed by atoms with Gasteiger partial charge in [-0.2, -0.15) is 0 Å². The minimum atomic E-state index is -1.74. The number of hydrogen-bond donors (Lipinski definition) is 5. The number of carbonyl (C=O) groups excluding carboxylic acids is 1. The third-order valence-corrected chi connectivity index (χ3v) is 5.01. The van der Waals surface area contributed by atoms with Crippen LogP contribution in [-0.2, 0) is 4.79 Å². The average Bonchev–Trinajstić information content (AvgIpc) is 2.38. The lowest BCUT2D eigenvalue weighted by atomic mass is 10.0. The van der Waals surface area contributed by atoms with E-state index in [0.29, 0.717) is 6.54 Å². The maximum atomic E-state index is 11.6. The first kappa shape index (κ1) is 19.5. The van der Waals surface area contributed by atoms with Gasteiger partial charge in [0.2, 0.25) is 0 Å². The summed E-state index contributed by atoms with van der Waals surface area (Å²) < 4.78 is 0. The largest absolute Gasteiger partial charge is 0.390 e. The van der Waals surface area contributed by atoms with Crippen LogP contribution in [0.3, 0.4) is 0 Å². The van der Waals surface area contributed by atoms with E-state index in [1.54, 1.807) is 6.92 Å². The first-order valence-corrected chi connectivity index (χ1v) is 10.8. The average molecular weight is 307 g/mol. The van der Waals surface area contributed by atoms with Crippen molar-refractivity contribution in [2.45, 2.75) is 69.9 Å². The molecule has 0 fully saturated rings. The molecule has 0 spiro atoms. The zero-order valence-electron chi connectivity index (χ0n) is 12.8. The first-order valence-electron chi connectivity index (χ1n) is 7.10. The smallest absolute Gasteiger partial charge is 0.251 e. The SMILES string of the molecule is CCC(O)C(O)C(O)C(O)C(=O)NCCC[Si](C)(C)C. The third kappa shape index (κ3) is 7.35. The Bertz CT molecular complexity index is 295. The Morgan fingerprint density at radius 1 is 1.10 bits per heavy atom. The van der Waals surface area contributed by atoms with Gasteiger partial charge in [0.15, 0.2) is 6.10 Å². The number of carbonyl (C=O) groups is 1. The molecule has 0 aromatic heterocycles. The number of amides is 1. The highest BCUT2D eigenvalue weighted by Crippen LogP contribution is 2.10. The summed E-state index contributed by atoms with van der Waals surface area (Å²) in [5.41, 5.74) is 0. The van der Waals surface area contributed by atoms with Crippen LogP contribution in [0.25, 0.3) is 0 Å². The Balaban J connectivity index is 4.14. The topological polar surface area (TPSA) is 110 Å². The first-order chi connectivity index (χ1) is 9.10. The molecule has 0 saturated carbocycles. The molecule has 0 bridgehead atoms. The number of nitrogens with one attached hydrogen (secondary N) is 1. The molecule has 0 radical (unpaired) electrons. The van der Waals surface area contributed by atoms with Crippen molar-refractivity contribution in [2.24, 2.45) is 0 Å². The van der Waals surface area contributed by atoms with Crippen molar-refractivity contribution in [1.29, 1.82) is 0 Å². The molecule has 0 aliphatic heterocycles. The summed E-state index contributed by atoms with van der Waals surface area (Å²) in [5, 5.41) is 40.7. The van der Waals surface area contributed by atoms with E-state index >= 15 is 0 Å². The van der Waals surface area contributed by atoms with Crippen LogP contribution in [0.5, 0.6) is 0 Å². The Morgan fingerprint density at radius 3 is 2.10 bits per heavy atom. The fraction of sp³-hybridized carbons (Fsp3) is 0.923. The van der Waals surface area contributed by atoms with Gasteiger partial charge < -0.3 is 25.7 Å². The van der Waals surface area contributed by atoms with E-state index in [2.05, 4.69) is 25.0 Å². The lowest BCUT2D eigenvalue weighted by molar-refractivity contribution is -0.146. The molecule has 0 rings (SSSR count). The quantitative estimate of drug-likeness (QED) is 0.296. The fourth-order valence-corrected chi connectivity index (χ4v) is 2.98. The van der Waals surface area contributed by atoms with Crippen LogP contribution < -0.4 is 5.32 Å². The normalized spacial score (nSPS) is 18.2. The molecule has 0 aromatic carbocycles. The van der Waals surface area contributed by atoms with Gasteiger partial charge in [0.1, 0.15) is 12.2 Å². The van der Waals surface area contributed by atoms with Gasteiger partial charge in [-0.05, 0) is 12.8 Å². The zero-order chi connectivity index (χ0) is 15.9. The summed E-state index contributed by atoms with van der Waals surface area (Å²) in [6.45, 7) is 8.75. The molecule has 120 valence electrons. The van der Waals surface area contributed by atoms with Gasteiger partial charge in [-0.3, -0.25) is 4.79 Å². The number of aliphatic hydroxyl groups excluding tert-OH is 4. The van der Waals surface area contributed by atoms with Crippen molar-refractivity contribution in [3.63, 3.8) is 0 Å². The van der Waals surface area contributed by atoms with Crippen molar-refractivity contribution >= 4 is 14.0 Å². The standard InChI is InChI=1S/C13H29NO5Si/c1-5-9(15)10(16)11(17)12(18)13(19)14-7-6-8-20(2,3)4/h9-12,15-18H,5-8H2,1-4H3,(H,14,19). The molecule has 0 aliphatic rings. The van der Waals surface area contributed by atoms with Crippen molar-refractivity contribution in [3.8, 4) is 0 Å². The maximum absolute atomic E-state index is 11.6. The summed E-state index contributed by atoms with van der Waals surface area (Å²) in [6, 6.07) is 1.06. The Morgan fingerprint density at radius 2 is 1.65 bits per heavy atom. The van der Waals surface area contributed by atoms with Gasteiger partial charge >= 0.3 is 0 Å². The second kappa shape index (κ2) is 8.73. The second-order valence-electron chi connectivity index (χ2n) is 6.36. The minimum Gasteiger partial charge on any atom is -0.390 e. The zero-order valence-corrected chi connectivity index (χ0v) is 13.8. The van der Waals surface area contributed by atoms with Crippen LogP contribution in [-0.4, -0.2) is 65.4 Å². The fourth-order valence-electron chi connectivity index (χ4n) is 1.75. The van der Waals surface area contributed by atoms with Gasteiger partial charge in [-0.25, -0.2) is 0 Å². The summed E-state index contributed by atoms with van der Waals surface area (Å²) in [5.74, 6) is -0.726. The van der Waals surface area contributed by atoms with E-state index in [1.807, 2.05) is 0 Å². The van der Waals surface area contributed by atoms with E-state index in [9.17, 15) is 25.2 Å². The van der Waals surface area contributed by atoms with Gasteiger partial charge in [0, 0.05) is 14.6 Å². The van der Waals surface area contributed by atoms with Crippen molar-refractivity contribution < 1.29 is 25.2 Å². The second-order valence-corrected chi connectivity index (χ2v) is 12.0. The monoisotopic (exact) mass is 307 g/mol. The molecule has 0 heterocycles. The molecule has 0 aromatic rings. The predicted molar refractivity (Wildman–Crippen MR) is 80.1 cm³/mol. The number of aliphatic hydroxyl groups is 4. The van der Waals surface area contributed by atoms with Gasteiger partial charge in [0.05, 0.1) is 6.10 Å². The van der Waals surface area contributed by atoms with Crippen LogP contribution in [0.2, 0.25) is 25.7 Å². The molecule has 7 heteroatoms. The lowest BCUT2D eigenvalue weighted by Gasteiger charge is -2.25. The molecule has 0 saturated heterocycles. The summed E-state index contributed by atoms with van der Waals surface area (Å²) in [6.07, 6.45) is -5.09. The molecule has 0 aliphatic carbocycles. The summed E-state index contributed by atoms with van der Waals surface area (Å²) >= 11 is 0. The van der Waals surface area contributed by atoms with Crippen molar-refractivity contribution in [3.05, 3.63) is 0 Å². The molecular formula is C13H29NO5Si. The van der Waals surface area contributed by atoms with E-state index in [-0.39, 0.29) is 6.42 Å². The van der Waals surface area contributed by atoms with Crippen LogP contribution in [0, 0.1) is 0 Å². The highest BCUT2D eigenvalue weighted by atomic mass is 28.3. The van der Waals surface area contributed by atoms with Gasteiger partial charge in [-0.1, -0.05) is 32.6 Å². The summed E-state index contributed by atoms with van der Waals surface area (Å²) in [4.78, 5) is 11.6. The number of rotatable bonds is 9. The number of hydrogen-bond acceptors (Lipinski definition) is 5. The van der Waals surface area contributed by atoms with Crippen LogP contribution in [0.15, 0.2) is 0 Å². The van der Waals surface area contributed by atoms with Crippen LogP contribution >= 0.6 is 0 Å². The van der Waals surface area contributed by atoms with E-state index in [4.69, 9.17) is 0 Å². The Kier molecular flexibility index (Phi) is 8.53. The third-order valence-electron chi connectivity index (χ3n) is 3.16. The maximum Gasteiger partial charge on any atom is 0.251 e. The van der Waals surface area contributed by atoms with E-state index in [1.165, 1.54) is 0 Å². The van der Waals surface area contributed by atoms with Gasteiger partial charge in [-0.15, -0.1) is 0 Å². The van der Waals surface area contributed by atoms with E-state index in [0.717, 1.165) is 12.5 Å². The highest BCUT2D eigenvalue weighted by molar-refractivity contribution is 6.76. The van der Waals surface area contributed by atoms with Crippen molar-refractivity contribution in [1.82, 2.24) is 5.32 Å². The molecule has 1 amide bonds. The van der Waals surface area contributed by atoms with Crippen LogP contribution in [0.1, 0.15) is 19.8 Å².